The first-order chi connectivity index (χ1) is 9.70. The Morgan fingerprint density at radius 3 is 2.29 bits per heavy atom. The highest BCUT2D eigenvalue weighted by Crippen LogP contribution is 2.23. The SMILES string of the molecule is Cc1ncsc1CNS(=O)(=O)c1ccc(C(C)(C)C)cc1. The van der Waals surface area contributed by atoms with Crippen LogP contribution < -0.4 is 4.72 Å². The molecule has 0 radical (unpaired) electrons. The summed E-state index contributed by atoms with van der Waals surface area (Å²) >= 11 is 1.45. The molecule has 1 N–H and O–H groups in total. The van der Waals surface area contributed by atoms with Crippen LogP contribution in [0, 0.1) is 6.92 Å². The van der Waals surface area contributed by atoms with Gasteiger partial charge in [-0.1, -0.05) is 32.9 Å². The summed E-state index contributed by atoms with van der Waals surface area (Å²) in [5, 5.41) is 0. The Labute approximate surface area is 130 Å². The summed E-state index contributed by atoms with van der Waals surface area (Å²) in [6.45, 7) is 8.45. The van der Waals surface area contributed by atoms with E-state index in [-0.39, 0.29) is 16.9 Å². The van der Waals surface area contributed by atoms with Crippen molar-refractivity contribution in [3.05, 3.63) is 45.9 Å². The standard InChI is InChI=1S/C15H20N2O2S2/c1-11-14(20-10-16-11)9-17-21(18,19)13-7-5-12(6-8-13)15(2,3)4/h5-8,10,17H,9H2,1-4H3. The lowest BCUT2D eigenvalue weighted by atomic mass is 9.87. The van der Waals surface area contributed by atoms with Crippen LogP contribution in [0.4, 0.5) is 0 Å². The van der Waals surface area contributed by atoms with Crippen molar-refractivity contribution in [2.45, 2.75) is 44.6 Å². The van der Waals surface area contributed by atoms with E-state index in [4.69, 9.17) is 0 Å². The third kappa shape index (κ3) is 3.90. The molecule has 0 spiro atoms. The number of aromatic nitrogens is 1. The van der Waals surface area contributed by atoms with Crippen LogP contribution in [0.2, 0.25) is 0 Å². The number of hydrogen-bond acceptors (Lipinski definition) is 4. The molecular weight excluding hydrogens is 304 g/mol. The number of hydrogen-bond donors (Lipinski definition) is 1. The molecule has 0 fully saturated rings. The van der Waals surface area contributed by atoms with E-state index in [9.17, 15) is 8.42 Å². The molecule has 0 aliphatic rings. The lowest BCUT2D eigenvalue weighted by Gasteiger charge is -2.19. The molecule has 0 amide bonds. The molecule has 4 nitrogen and oxygen atoms in total. The zero-order chi connectivity index (χ0) is 15.7. The Bertz CT molecular complexity index is 711. The second kappa shape index (κ2) is 5.87. The number of aryl methyl sites for hydroxylation is 1. The molecular formula is C15H20N2O2S2. The summed E-state index contributed by atoms with van der Waals surface area (Å²) in [7, 11) is -3.49. The van der Waals surface area contributed by atoms with Crippen LogP contribution in [-0.2, 0) is 22.0 Å². The van der Waals surface area contributed by atoms with Gasteiger partial charge in [0, 0.05) is 11.4 Å². The van der Waals surface area contributed by atoms with E-state index in [0.717, 1.165) is 16.1 Å². The summed E-state index contributed by atoms with van der Waals surface area (Å²) in [5.74, 6) is 0. The Hall–Kier alpha value is -1.24. The van der Waals surface area contributed by atoms with Gasteiger partial charge in [-0.15, -0.1) is 11.3 Å². The van der Waals surface area contributed by atoms with Gasteiger partial charge in [-0.25, -0.2) is 18.1 Å². The molecule has 1 aromatic carbocycles. The van der Waals surface area contributed by atoms with E-state index in [0.29, 0.717) is 0 Å². The molecule has 0 atom stereocenters. The van der Waals surface area contributed by atoms with Crippen molar-refractivity contribution in [2.75, 3.05) is 0 Å². The fourth-order valence-electron chi connectivity index (χ4n) is 1.87. The monoisotopic (exact) mass is 324 g/mol. The second-order valence-corrected chi connectivity index (χ2v) is 8.67. The highest BCUT2D eigenvalue weighted by Gasteiger charge is 2.17. The van der Waals surface area contributed by atoms with E-state index in [2.05, 4.69) is 30.5 Å². The van der Waals surface area contributed by atoms with Gasteiger partial charge in [0.25, 0.3) is 0 Å². The number of nitrogens with one attached hydrogen (secondary N) is 1. The van der Waals surface area contributed by atoms with Crippen molar-refractivity contribution < 1.29 is 8.42 Å². The maximum atomic E-state index is 12.3. The first kappa shape index (κ1) is 16.1. The average Bonchev–Trinajstić information content (AvgIpc) is 2.81. The fraction of sp³-hybridized carbons (Fsp3) is 0.400. The Morgan fingerprint density at radius 2 is 1.81 bits per heavy atom. The minimum absolute atomic E-state index is 0.00940. The van der Waals surface area contributed by atoms with Crippen molar-refractivity contribution in [1.29, 1.82) is 0 Å². The lowest BCUT2D eigenvalue weighted by Crippen LogP contribution is -2.23. The van der Waals surface area contributed by atoms with Crippen LogP contribution in [0.1, 0.15) is 36.9 Å². The molecule has 0 unspecified atom stereocenters. The molecule has 114 valence electrons. The molecule has 21 heavy (non-hydrogen) atoms. The van der Waals surface area contributed by atoms with Crippen LogP contribution in [0.5, 0.6) is 0 Å². The molecule has 0 saturated heterocycles. The average molecular weight is 324 g/mol. The van der Waals surface area contributed by atoms with Crippen LogP contribution in [-0.4, -0.2) is 13.4 Å². The van der Waals surface area contributed by atoms with Crippen LogP contribution >= 0.6 is 11.3 Å². The second-order valence-electron chi connectivity index (χ2n) is 5.96. The van der Waals surface area contributed by atoms with E-state index in [1.54, 1.807) is 17.6 Å². The number of rotatable bonds is 4. The number of thiazole rings is 1. The largest absolute Gasteiger partial charge is 0.250 e. The van der Waals surface area contributed by atoms with Gasteiger partial charge in [-0.05, 0) is 30.0 Å². The van der Waals surface area contributed by atoms with E-state index >= 15 is 0 Å². The molecule has 0 bridgehead atoms. The van der Waals surface area contributed by atoms with Crippen molar-refractivity contribution in [3.8, 4) is 0 Å². The maximum absolute atomic E-state index is 12.3. The smallest absolute Gasteiger partial charge is 0.240 e. The quantitative estimate of drug-likeness (QED) is 0.939. The van der Waals surface area contributed by atoms with Crippen molar-refractivity contribution in [2.24, 2.45) is 0 Å². The molecule has 1 heterocycles. The first-order valence-electron chi connectivity index (χ1n) is 6.69. The van der Waals surface area contributed by atoms with Gasteiger partial charge in [-0.3, -0.25) is 0 Å². The Morgan fingerprint density at radius 1 is 1.19 bits per heavy atom. The number of sulfonamides is 1. The fourth-order valence-corrected chi connectivity index (χ4v) is 3.68. The molecule has 0 aliphatic carbocycles. The summed E-state index contributed by atoms with van der Waals surface area (Å²) in [6, 6.07) is 7.05. The highest BCUT2D eigenvalue weighted by molar-refractivity contribution is 7.89. The molecule has 0 aliphatic heterocycles. The first-order valence-corrected chi connectivity index (χ1v) is 9.05. The minimum atomic E-state index is -3.49. The van der Waals surface area contributed by atoms with Gasteiger partial charge in [0.05, 0.1) is 16.1 Å². The van der Waals surface area contributed by atoms with Crippen molar-refractivity contribution in [1.82, 2.24) is 9.71 Å². The minimum Gasteiger partial charge on any atom is -0.250 e. The van der Waals surface area contributed by atoms with Crippen LogP contribution in [0.15, 0.2) is 34.7 Å². The van der Waals surface area contributed by atoms with Crippen LogP contribution in [0.25, 0.3) is 0 Å². The van der Waals surface area contributed by atoms with Gasteiger partial charge in [0.15, 0.2) is 0 Å². The van der Waals surface area contributed by atoms with Gasteiger partial charge in [-0.2, -0.15) is 0 Å². The predicted molar refractivity (Wildman–Crippen MR) is 86.0 cm³/mol. The van der Waals surface area contributed by atoms with Crippen LogP contribution in [0.3, 0.4) is 0 Å². The summed E-state index contributed by atoms with van der Waals surface area (Å²) in [5.41, 5.74) is 3.71. The number of nitrogens with zero attached hydrogens (tertiary/aromatic N) is 1. The van der Waals surface area contributed by atoms with Gasteiger partial charge in [0.1, 0.15) is 0 Å². The van der Waals surface area contributed by atoms with Gasteiger partial charge < -0.3 is 0 Å². The predicted octanol–water partition coefficient (Wildman–Crippen LogP) is 3.23. The van der Waals surface area contributed by atoms with Gasteiger partial charge >= 0.3 is 0 Å². The third-order valence-corrected chi connectivity index (χ3v) is 5.65. The van der Waals surface area contributed by atoms with Crippen molar-refractivity contribution in [3.63, 3.8) is 0 Å². The molecule has 0 saturated carbocycles. The van der Waals surface area contributed by atoms with Gasteiger partial charge in [0.2, 0.25) is 10.0 Å². The molecule has 1 aromatic heterocycles. The maximum Gasteiger partial charge on any atom is 0.240 e. The Balaban J connectivity index is 2.14. The lowest BCUT2D eigenvalue weighted by molar-refractivity contribution is 0.578. The number of benzene rings is 1. The zero-order valence-corrected chi connectivity index (χ0v) is 14.3. The van der Waals surface area contributed by atoms with Crippen molar-refractivity contribution >= 4 is 21.4 Å². The normalized spacial score (nSPS) is 12.6. The molecule has 6 heteroatoms. The zero-order valence-electron chi connectivity index (χ0n) is 12.7. The van der Waals surface area contributed by atoms with E-state index < -0.39 is 10.0 Å². The van der Waals surface area contributed by atoms with E-state index in [1.807, 2.05) is 19.1 Å². The third-order valence-electron chi connectivity index (χ3n) is 3.30. The molecule has 2 rings (SSSR count). The topological polar surface area (TPSA) is 59.1 Å². The summed E-state index contributed by atoms with van der Waals surface area (Å²) in [4.78, 5) is 5.34. The Kier molecular flexibility index (Phi) is 4.51. The molecule has 2 aromatic rings. The summed E-state index contributed by atoms with van der Waals surface area (Å²) in [6.07, 6.45) is 0. The highest BCUT2D eigenvalue weighted by atomic mass is 32.2. The summed E-state index contributed by atoms with van der Waals surface area (Å²) < 4.78 is 27.2. The van der Waals surface area contributed by atoms with E-state index in [1.165, 1.54) is 11.3 Å².